The van der Waals surface area contributed by atoms with E-state index in [1.165, 1.54) is 40.9 Å². The van der Waals surface area contributed by atoms with Crippen LogP contribution in [0.4, 0.5) is 39.8 Å². The van der Waals surface area contributed by atoms with Gasteiger partial charge in [0.2, 0.25) is 17.7 Å². The largest absolute Gasteiger partial charge is 0.501 e. The van der Waals surface area contributed by atoms with Gasteiger partial charge < -0.3 is 52.0 Å². The van der Waals surface area contributed by atoms with E-state index in [4.69, 9.17) is 22.1 Å². The average molecular weight is 1530 g/mol. The highest BCUT2D eigenvalue weighted by atomic mass is 35.5. The molecule has 2 fully saturated rings. The van der Waals surface area contributed by atoms with Gasteiger partial charge in [-0.15, -0.1) is 11.8 Å². The van der Waals surface area contributed by atoms with Gasteiger partial charge in [0.1, 0.15) is 23.6 Å². The summed E-state index contributed by atoms with van der Waals surface area (Å²) in [5.74, 6) is -3.97. The van der Waals surface area contributed by atoms with Crippen LogP contribution in [0.15, 0.2) is 172 Å². The van der Waals surface area contributed by atoms with Crippen molar-refractivity contribution >= 4 is 108 Å². The number of nitrogens with one attached hydrogen (secondary N) is 6. The molecule has 3 aliphatic heterocycles. The Morgan fingerprint density at radius 2 is 1.44 bits per heavy atom. The third-order valence-corrected chi connectivity index (χ3v) is 22.6. The summed E-state index contributed by atoms with van der Waals surface area (Å²) in [4.78, 5) is 106. The Morgan fingerprint density at radius 3 is 2.10 bits per heavy atom. The van der Waals surface area contributed by atoms with Crippen LogP contribution in [0.25, 0.3) is 11.1 Å². The van der Waals surface area contributed by atoms with Gasteiger partial charge in [-0.05, 0) is 171 Å². The Balaban J connectivity index is 0.809. The molecule has 3 aliphatic rings. The molecule has 0 bridgehead atoms. The second-order valence-corrected chi connectivity index (χ2v) is 31.3. The number of alkyl halides is 3. The highest BCUT2D eigenvalue weighted by Gasteiger charge is 2.49. The molecule has 9 rings (SSSR count). The maximum absolute atomic E-state index is 14.7. The third kappa shape index (κ3) is 21.8. The molecule has 9 amide bonds. The van der Waals surface area contributed by atoms with Gasteiger partial charge >= 0.3 is 17.6 Å². The number of imide groups is 1. The first-order valence-corrected chi connectivity index (χ1v) is 38.7. The van der Waals surface area contributed by atoms with Crippen molar-refractivity contribution in [2.75, 3.05) is 54.0 Å². The second kappa shape index (κ2) is 36.5. The number of nitrogens with two attached hydrogens (primary N) is 1. The van der Waals surface area contributed by atoms with Crippen LogP contribution in [0, 0.1) is 11.8 Å². The lowest BCUT2D eigenvalue weighted by molar-refractivity contribution is -0.137. The van der Waals surface area contributed by atoms with E-state index in [0.717, 1.165) is 38.6 Å². The van der Waals surface area contributed by atoms with Crippen LogP contribution < -0.4 is 41.9 Å². The number of sulfone groups is 1. The molecule has 9 N–H and O–H groups in total. The molecule has 31 heteroatoms. The van der Waals surface area contributed by atoms with Crippen molar-refractivity contribution in [1.29, 1.82) is 0 Å². The minimum atomic E-state index is -6.29. The van der Waals surface area contributed by atoms with Crippen molar-refractivity contribution < 1.29 is 78.2 Å². The SMILES string of the molecule is CC(C)[C@H](NC(=O)CCCCCN1C(=O)C=CC1=O)C(=O)N[C@@H](CCCNC(N)=O)C(=O)Nc1ccc(COC(=O)N2CCC[C@@H]2CC(CSc2ccccc2)Nc2ccc(S(=O)(=O)NC(=O)c3ccc(N4CCC([C@@H](O)c5ccccc5-c5ccc(Cl)cc5)CC4)cc3)cc2S(=O)(=O)C(F)(F)F)cc1. The lowest BCUT2D eigenvalue weighted by Crippen LogP contribution is -2.54. The number of carbonyl (C=O) groups is 8. The number of hydrogen-bond donors (Lipinski definition) is 8. The number of piperidine rings is 1. The first-order valence-electron chi connectivity index (χ1n) is 34.4. The normalized spacial score (nSPS) is 16.1. The number of nitrogens with zero attached hydrogens (tertiary/aromatic N) is 3. The number of anilines is 3. The summed E-state index contributed by atoms with van der Waals surface area (Å²) in [5, 5.41) is 25.8. The molecule has 3 heterocycles. The van der Waals surface area contributed by atoms with Gasteiger partial charge in [0, 0.05) is 96.0 Å². The highest BCUT2D eigenvalue weighted by Crippen LogP contribution is 2.40. The molecule has 0 saturated carbocycles. The summed E-state index contributed by atoms with van der Waals surface area (Å²) in [6.07, 6.45) is 4.89. The molecule has 0 aliphatic carbocycles. The molecular formula is C74H84ClF3N10O14S3. The van der Waals surface area contributed by atoms with Crippen LogP contribution in [-0.2, 0) is 55.2 Å². The van der Waals surface area contributed by atoms with E-state index in [-0.39, 0.29) is 69.2 Å². The van der Waals surface area contributed by atoms with E-state index in [9.17, 15) is 73.5 Å². The second-order valence-electron chi connectivity index (χ2n) is 26.1. The summed E-state index contributed by atoms with van der Waals surface area (Å²) >= 11 is 7.43. The summed E-state index contributed by atoms with van der Waals surface area (Å²) in [6, 6.07) is 33.9. The Kier molecular flexibility index (Phi) is 27.7. The molecule has 0 spiro atoms. The van der Waals surface area contributed by atoms with Crippen molar-refractivity contribution in [3.8, 4) is 11.1 Å². The fourth-order valence-corrected chi connectivity index (χ4v) is 15.8. The number of aliphatic hydroxyl groups is 1. The van der Waals surface area contributed by atoms with Crippen LogP contribution >= 0.6 is 23.4 Å². The van der Waals surface area contributed by atoms with Gasteiger partial charge in [-0.3, -0.25) is 33.7 Å². The Labute approximate surface area is 616 Å². The van der Waals surface area contributed by atoms with Gasteiger partial charge in [-0.25, -0.2) is 31.1 Å². The number of unbranched alkanes of at least 4 members (excludes halogenated alkanes) is 2. The van der Waals surface area contributed by atoms with E-state index in [0.29, 0.717) is 86.1 Å². The lowest BCUT2D eigenvalue weighted by atomic mass is 9.84. The first kappa shape index (κ1) is 79.6. The molecule has 24 nitrogen and oxygen atoms in total. The molecule has 6 aromatic carbocycles. The van der Waals surface area contributed by atoms with Gasteiger partial charge in [-0.2, -0.15) is 13.2 Å². The maximum atomic E-state index is 14.7. The summed E-state index contributed by atoms with van der Waals surface area (Å²) in [6.45, 7) is 4.83. The van der Waals surface area contributed by atoms with Crippen molar-refractivity contribution in [3.05, 3.63) is 179 Å². The molecule has 0 aromatic heterocycles. The Morgan fingerprint density at radius 1 is 0.762 bits per heavy atom. The standard InChI is InChI=1S/C74H84ClF3N10O14S3/c1-47(2)67(84-64(89)19-7-4-10-39-88-65(90)34-35-66(88)91)71(95)83-62(18-11-38-80-72(79)96)70(94)82-53-28-20-48(21-29-53)45-102-73(97)87-40-12-13-56(87)43-54(46-103-57-14-5-3-6-15-57)81-61-33-32-58(44-63(61)104(98,99)74(76,77)78)105(100,101)85-69(93)51-24-30-55(31-25-51)86-41-36-50(37-42-86)68(92)60-17-9-8-16-59(60)49-22-26-52(75)27-23-49/h3,5-6,8-9,14-17,20-35,44,47,50,54,56,62,67-68,81,92H,4,7,10-13,18-19,36-43,45-46H2,1-2H3,(H,82,94)(H,83,95)(H,84,89)(H,85,93)(H3,79,80,96)/t54?,56-,62+,67+,68-/m1/s1. The number of urea groups is 1. The molecule has 105 heavy (non-hydrogen) atoms. The number of primary amides is 1. The van der Waals surface area contributed by atoms with Crippen LogP contribution in [0.3, 0.4) is 0 Å². The van der Waals surface area contributed by atoms with E-state index in [1.807, 2.05) is 41.1 Å². The van der Waals surface area contributed by atoms with Crippen molar-refractivity contribution in [2.45, 2.75) is 142 Å². The summed E-state index contributed by atoms with van der Waals surface area (Å²) < 4.78 is 107. The van der Waals surface area contributed by atoms with Gasteiger partial charge in [0.05, 0.1) is 16.7 Å². The Bertz CT molecular complexity index is 4330. The number of halogens is 4. The fourth-order valence-electron chi connectivity index (χ4n) is 12.7. The molecule has 2 saturated heterocycles. The number of sulfonamides is 1. The first-order chi connectivity index (χ1) is 50.0. The summed E-state index contributed by atoms with van der Waals surface area (Å²) in [7, 11) is -11.3. The van der Waals surface area contributed by atoms with E-state index >= 15 is 0 Å². The fraction of sp³-hybridized carbons (Fsp3) is 0.378. The summed E-state index contributed by atoms with van der Waals surface area (Å²) in [5.41, 5.74) is 2.73. The van der Waals surface area contributed by atoms with E-state index in [1.54, 1.807) is 92.7 Å². The van der Waals surface area contributed by atoms with Gasteiger partial charge in [0.25, 0.3) is 37.6 Å². The molecular weight excluding hydrogens is 1440 g/mol. The number of amides is 9. The third-order valence-electron chi connectivity index (χ3n) is 18.4. The quantitative estimate of drug-likeness (QED) is 0.0108. The predicted octanol–water partition coefficient (Wildman–Crippen LogP) is 10.6. The smallest absolute Gasteiger partial charge is 0.445 e. The average Bonchev–Trinajstić information content (AvgIpc) is 1.07. The number of aliphatic hydroxyl groups excluding tert-OH is 1. The number of hydrogen-bond acceptors (Lipinski definition) is 17. The van der Waals surface area contributed by atoms with Crippen LogP contribution in [-0.4, -0.2) is 147 Å². The number of thioether (sulfide) groups is 1. The van der Waals surface area contributed by atoms with Crippen LogP contribution in [0.5, 0.6) is 0 Å². The zero-order chi connectivity index (χ0) is 75.6. The van der Waals surface area contributed by atoms with Crippen LogP contribution in [0.1, 0.15) is 112 Å². The number of carbonyl (C=O) groups excluding carboxylic acids is 8. The van der Waals surface area contributed by atoms with E-state index in [2.05, 4.69) is 31.5 Å². The monoisotopic (exact) mass is 1520 g/mol. The molecule has 0 radical (unpaired) electrons. The number of ether oxygens (including phenoxy) is 1. The van der Waals surface area contributed by atoms with E-state index < -0.39 is 125 Å². The topological polar surface area (TPSA) is 342 Å². The molecule has 1 unspecified atom stereocenters. The van der Waals surface area contributed by atoms with Gasteiger partial charge in [-0.1, -0.05) is 98.6 Å². The zero-order valence-corrected chi connectivity index (χ0v) is 60.9. The highest BCUT2D eigenvalue weighted by molar-refractivity contribution is 7.99. The van der Waals surface area contributed by atoms with Crippen molar-refractivity contribution in [3.63, 3.8) is 0 Å². The Hall–Kier alpha value is -9.49. The predicted molar refractivity (Wildman–Crippen MR) is 392 cm³/mol. The van der Waals surface area contributed by atoms with Crippen molar-refractivity contribution in [2.24, 2.45) is 17.6 Å². The number of likely N-dealkylation sites (tertiary alicyclic amines) is 1. The molecule has 5 atom stereocenters. The number of benzene rings is 6. The van der Waals surface area contributed by atoms with Crippen molar-refractivity contribution in [1.82, 2.24) is 30.5 Å². The molecule has 560 valence electrons. The minimum Gasteiger partial charge on any atom is -0.445 e. The van der Waals surface area contributed by atoms with Crippen LogP contribution in [0.2, 0.25) is 5.02 Å². The lowest BCUT2D eigenvalue weighted by Gasteiger charge is -2.36. The number of rotatable bonds is 33. The van der Waals surface area contributed by atoms with Gasteiger partial charge in [0.15, 0.2) is 0 Å². The molecule has 6 aromatic rings. The maximum Gasteiger partial charge on any atom is 0.501 e. The minimum absolute atomic E-state index is 0.0469. The zero-order valence-electron chi connectivity index (χ0n) is 57.7.